The number of esters is 2. The van der Waals surface area contributed by atoms with E-state index in [1.54, 1.807) is 27.7 Å². The van der Waals surface area contributed by atoms with Gasteiger partial charge in [0, 0.05) is 12.3 Å². The normalized spacial score (nSPS) is 24.9. The smallest absolute Gasteiger partial charge is 0.342 e. The van der Waals surface area contributed by atoms with Gasteiger partial charge in [-0.2, -0.15) is 0 Å². The molecule has 228 valence electrons. The van der Waals surface area contributed by atoms with Crippen LogP contribution in [0.15, 0.2) is 21.9 Å². The number of aromatic nitrogens is 2. The topological polar surface area (TPSA) is 187 Å². The maximum absolute atomic E-state index is 15.1. The van der Waals surface area contributed by atoms with Crippen molar-refractivity contribution in [1.29, 1.82) is 0 Å². The summed E-state index contributed by atoms with van der Waals surface area (Å²) in [5.74, 6) is -1.81. The number of carbonyl (C=O) groups excluding carboxylic acids is 2. The molecule has 0 aliphatic carbocycles. The van der Waals surface area contributed by atoms with Crippen LogP contribution in [-0.4, -0.2) is 81.8 Å². The molecule has 1 saturated heterocycles. The van der Waals surface area contributed by atoms with E-state index in [2.05, 4.69) is 10.2 Å². The lowest BCUT2D eigenvalue weighted by molar-refractivity contribution is -0.192. The summed E-state index contributed by atoms with van der Waals surface area (Å²) in [7, 11) is -4.68. The summed E-state index contributed by atoms with van der Waals surface area (Å²) in [5.41, 5.74) is -5.24. The summed E-state index contributed by atoms with van der Waals surface area (Å²) in [6, 6.07) is -1.93. The van der Waals surface area contributed by atoms with E-state index in [0.29, 0.717) is 4.57 Å². The van der Waals surface area contributed by atoms with Gasteiger partial charge >= 0.3 is 25.3 Å². The maximum atomic E-state index is 15.1. The number of aliphatic hydroxyl groups excluding tert-OH is 1. The average Bonchev–Trinajstić information content (AvgIpc) is 3.08. The first kappa shape index (κ1) is 33.6. The van der Waals surface area contributed by atoms with E-state index in [9.17, 15) is 37.6 Å². The standard InChI is InChI=1S/C22H34F3N4O10P/c1-10(2)37-18(32)12(5)27-40(35,28-13(6)19(33)38-11(3)4)36-9-22(20(24)25)16(31)15(23)17(39-22)29-8-7-14(30)26-21(29)34/h7-8,10-13,15-17,20,31H,9H2,1-6H3,(H,26,30,34)(H2,27,28,35)/t12-,13-,15+,16-,17+,22+/m0/s1. The SMILES string of the molecule is CC(C)OC(=O)[C@H](C)NP(=O)(N[C@@H](C)C(=O)OC(C)C)OC[C@@]1(C(F)F)O[C@@H](n2ccc(=O)[nH]c2=O)[C@H](F)[C@@H]1O. The van der Waals surface area contributed by atoms with Crippen molar-refractivity contribution in [3.05, 3.63) is 33.1 Å². The van der Waals surface area contributed by atoms with E-state index >= 15 is 4.39 Å². The third-order valence-electron chi connectivity index (χ3n) is 5.52. The van der Waals surface area contributed by atoms with Crippen LogP contribution in [0.3, 0.4) is 0 Å². The van der Waals surface area contributed by atoms with Crippen LogP contribution >= 0.6 is 7.67 Å². The summed E-state index contributed by atoms with van der Waals surface area (Å²) in [4.78, 5) is 49.9. The van der Waals surface area contributed by atoms with Gasteiger partial charge in [-0.1, -0.05) is 0 Å². The van der Waals surface area contributed by atoms with Crippen molar-refractivity contribution < 1.29 is 51.2 Å². The van der Waals surface area contributed by atoms with Gasteiger partial charge in [0.1, 0.15) is 18.2 Å². The van der Waals surface area contributed by atoms with Crippen molar-refractivity contribution in [2.75, 3.05) is 6.61 Å². The Balaban J connectivity index is 2.39. The average molecular weight is 603 g/mol. The molecule has 0 spiro atoms. The molecule has 0 bridgehead atoms. The Morgan fingerprint density at radius 3 is 2.02 bits per heavy atom. The van der Waals surface area contributed by atoms with Crippen LogP contribution in [0.2, 0.25) is 0 Å². The van der Waals surface area contributed by atoms with Gasteiger partial charge in [-0.15, -0.1) is 0 Å². The van der Waals surface area contributed by atoms with Crippen molar-refractivity contribution in [3.63, 3.8) is 0 Å². The second-order valence-electron chi connectivity index (χ2n) is 9.67. The van der Waals surface area contributed by atoms with Gasteiger partial charge in [-0.25, -0.2) is 28.1 Å². The summed E-state index contributed by atoms with van der Waals surface area (Å²) < 4.78 is 78.4. The number of halogens is 3. The van der Waals surface area contributed by atoms with Crippen molar-refractivity contribution in [2.24, 2.45) is 0 Å². The van der Waals surface area contributed by atoms with Crippen LogP contribution in [0.4, 0.5) is 13.2 Å². The number of aliphatic hydroxyl groups is 1. The summed E-state index contributed by atoms with van der Waals surface area (Å²) in [5, 5.41) is 15.0. The third kappa shape index (κ3) is 8.01. The van der Waals surface area contributed by atoms with E-state index in [1.165, 1.54) is 13.8 Å². The molecule has 1 aromatic heterocycles. The Kier molecular flexibility index (Phi) is 11.3. The Bertz CT molecular complexity index is 1180. The minimum atomic E-state index is -4.68. The molecule has 4 N–H and O–H groups in total. The monoisotopic (exact) mass is 602 g/mol. The molecule has 1 fully saturated rings. The van der Waals surface area contributed by atoms with Gasteiger partial charge in [0.15, 0.2) is 18.0 Å². The molecule has 0 radical (unpaired) electrons. The molecule has 1 aliphatic heterocycles. The number of nitrogens with zero attached hydrogens (tertiary/aromatic N) is 1. The number of ether oxygens (including phenoxy) is 3. The molecule has 14 nitrogen and oxygen atoms in total. The molecule has 0 aromatic carbocycles. The second kappa shape index (κ2) is 13.4. The van der Waals surface area contributed by atoms with Gasteiger partial charge in [-0.3, -0.25) is 28.5 Å². The predicted octanol–water partition coefficient (Wildman–Crippen LogP) is 0.752. The minimum absolute atomic E-state index is 0.448. The Hall–Kier alpha value is -2.56. The summed E-state index contributed by atoms with van der Waals surface area (Å²) in [6.45, 7) is 7.18. The number of alkyl halides is 3. The lowest BCUT2D eigenvalue weighted by Gasteiger charge is -2.33. The molecule has 0 amide bonds. The fourth-order valence-corrected chi connectivity index (χ4v) is 5.41. The third-order valence-corrected chi connectivity index (χ3v) is 7.47. The molecule has 0 unspecified atom stereocenters. The van der Waals surface area contributed by atoms with Crippen LogP contribution in [-0.2, 0) is 32.9 Å². The molecular formula is C22H34F3N4O10P. The van der Waals surface area contributed by atoms with E-state index in [-0.39, 0.29) is 0 Å². The molecule has 2 rings (SSSR count). The van der Waals surface area contributed by atoms with Crippen LogP contribution in [0, 0.1) is 0 Å². The highest BCUT2D eigenvalue weighted by Crippen LogP contribution is 2.47. The number of carbonyl (C=O) groups is 2. The Labute approximate surface area is 227 Å². The maximum Gasteiger partial charge on any atom is 0.342 e. The molecule has 2 heterocycles. The van der Waals surface area contributed by atoms with E-state index < -0.39 is 92.3 Å². The Morgan fingerprint density at radius 2 is 1.60 bits per heavy atom. The van der Waals surface area contributed by atoms with Crippen molar-refractivity contribution in [3.8, 4) is 0 Å². The molecule has 18 heteroatoms. The van der Waals surface area contributed by atoms with E-state index in [1.807, 2.05) is 4.98 Å². The van der Waals surface area contributed by atoms with E-state index in [4.69, 9.17) is 18.7 Å². The fraction of sp³-hybridized carbons (Fsp3) is 0.727. The highest BCUT2D eigenvalue weighted by molar-refractivity contribution is 7.54. The van der Waals surface area contributed by atoms with Crippen molar-refractivity contribution >= 4 is 19.6 Å². The first-order chi connectivity index (χ1) is 18.4. The lowest BCUT2D eigenvalue weighted by atomic mass is 9.97. The van der Waals surface area contributed by atoms with Crippen molar-refractivity contribution in [1.82, 2.24) is 19.7 Å². The molecule has 1 aromatic rings. The number of aromatic amines is 1. The number of hydrogen-bond donors (Lipinski definition) is 4. The van der Waals surface area contributed by atoms with Gasteiger partial charge in [0.05, 0.1) is 18.8 Å². The summed E-state index contributed by atoms with van der Waals surface area (Å²) in [6.07, 6.45) is -11.4. The van der Waals surface area contributed by atoms with Crippen LogP contribution in [0.1, 0.15) is 47.8 Å². The molecular weight excluding hydrogens is 568 g/mol. The zero-order valence-electron chi connectivity index (χ0n) is 22.6. The summed E-state index contributed by atoms with van der Waals surface area (Å²) >= 11 is 0. The molecule has 40 heavy (non-hydrogen) atoms. The van der Waals surface area contributed by atoms with Gasteiger partial charge in [-0.05, 0) is 41.5 Å². The number of nitrogens with one attached hydrogen (secondary N) is 3. The quantitative estimate of drug-likeness (QED) is 0.184. The zero-order valence-corrected chi connectivity index (χ0v) is 23.5. The number of hydrogen-bond acceptors (Lipinski definition) is 10. The van der Waals surface area contributed by atoms with Crippen molar-refractivity contribution in [2.45, 2.75) is 96.4 Å². The number of H-pyrrole nitrogens is 1. The molecule has 6 atom stereocenters. The van der Waals surface area contributed by atoms with Crippen LogP contribution in [0.25, 0.3) is 0 Å². The first-order valence-electron chi connectivity index (χ1n) is 12.2. The first-order valence-corrected chi connectivity index (χ1v) is 13.9. The highest BCUT2D eigenvalue weighted by Gasteiger charge is 2.62. The largest absolute Gasteiger partial charge is 0.462 e. The lowest BCUT2D eigenvalue weighted by Crippen LogP contribution is -2.53. The Morgan fingerprint density at radius 1 is 1.10 bits per heavy atom. The van der Waals surface area contributed by atoms with Gasteiger partial charge in [0.25, 0.3) is 12.0 Å². The fourth-order valence-electron chi connectivity index (χ4n) is 3.57. The van der Waals surface area contributed by atoms with Gasteiger partial charge in [0.2, 0.25) is 0 Å². The van der Waals surface area contributed by atoms with Gasteiger partial charge < -0.3 is 23.8 Å². The predicted molar refractivity (Wildman–Crippen MR) is 132 cm³/mol. The second-order valence-corrected chi connectivity index (χ2v) is 11.5. The zero-order chi connectivity index (χ0) is 30.6. The van der Waals surface area contributed by atoms with Crippen LogP contribution < -0.4 is 21.4 Å². The minimum Gasteiger partial charge on any atom is -0.462 e. The van der Waals surface area contributed by atoms with Crippen LogP contribution in [0.5, 0.6) is 0 Å². The highest BCUT2D eigenvalue weighted by atomic mass is 31.2. The van der Waals surface area contributed by atoms with E-state index in [0.717, 1.165) is 12.3 Å². The molecule has 0 saturated carbocycles. The number of rotatable bonds is 13. The molecule has 1 aliphatic rings.